The highest BCUT2D eigenvalue weighted by Crippen LogP contribution is 2.35. The Kier molecular flexibility index (Phi) is 17.2. The summed E-state index contributed by atoms with van der Waals surface area (Å²) in [5, 5.41) is 37.7. The van der Waals surface area contributed by atoms with Crippen molar-refractivity contribution in [2.24, 2.45) is 0 Å². The third-order valence-corrected chi connectivity index (χ3v) is 7.46. The molecule has 0 saturated heterocycles. The predicted octanol–water partition coefficient (Wildman–Crippen LogP) is 7.79. The minimum absolute atomic E-state index is 0.00370. The van der Waals surface area contributed by atoms with Crippen LogP contribution in [0, 0.1) is 20.2 Å². The molecule has 0 atom stereocenters. The zero-order chi connectivity index (χ0) is 46.0. The molecule has 0 saturated carbocycles. The second-order valence-corrected chi connectivity index (χ2v) is 11.8. The normalized spacial score (nSPS) is 10.5. The minimum atomic E-state index is -4.70. The molecule has 6 aromatic rings. The Labute approximate surface area is 348 Å². The molecular weight excluding hydrogens is 834 g/mol. The molecule has 6 heterocycles. The molecule has 26 heteroatoms. The van der Waals surface area contributed by atoms with Crippen LogP contribution >= 0.6 is 0 Å². The number of nitrogens with two attached hydrogens (primary N) is 2. The van der Waals surface area contributed by atoms with Crippen LogP contribution in [0.4, 0.5) is 95.4 Å². The number of aromatic nitrogens is 6. The highest BCUT2D eigenvalue weighted by molar-refractivity contribution is 5.69. The van der Waals surface area contributed by atoms with E-state index < -0.39 is 39.0 Å². The number of rotatable bonds is 10. The Morgan fingerprint density at radius 2 is 0.935 bits per heavy atom. The summed E-state index contributed by atoms with van der Waals surface area (Å²) in [5.74, 6) is 2.55. The molecule has 328 valence electrons. The smallest absolute Gasteiger partial charge is 0.397 e. The molecule has 0 aromatic carbocycles. The number of nitrogens with zero attached hydrogens (tertiary/aromatic N) is 8. The summed E-state index contributed by atoms with van der Waals surface area (Å²) in [5.41, 5.74) is 9.65. The van der Waals surface area contributed by atoms with Crippen LogP contribution in [0.5, 0.6) is 0 Å². The lowest BCUT2D eigenvalue weighted by atomic mass is 10.2. The number of nitrogen functional groups attached to an aromatic ring is 2. The second-order valence-electron chi connectivity index (χ2n) is 11.8. The summed E-state index contributed by atoms with van der Waals surface area (Å²) in [6.45, 7) is 0. The number of halogens is 6. The number of anilines is 10. The van der Waals surface area contributed by atoms with Crippen LogP contribution in [0.1, 0.15) is 11.1 Å². The van der Waals surface area contributed by atoms with Gasteiger partial charge < -0.3 is 43.4 Å². The topological polar surface area (TPSA) is 288 Å². The van der Waals surface area contributed by atoms with E-state index in [4.69, 9.17) is 11.5 Å². The number of hydrogen-bond acceptors (Lipinski definition) is 18. The first-order valence-corrected chi connectivity index (χ1v) is 17.3. The number of hydrogen-bond donors (Lipinski definition) is 8. The van der Waals surface area contributed by atoms with E-state index >= 15 is 0 Å². The lowest BCUT2D eigenvalue weighted by molar-refractivity contribution is -0.385. The molecule has 6 rings (SSSR count). The third kappa shape index (κ3) is 15.1. The molecular formula is C36H38F6N16O4. The molecule has 0 spiro atoms. The van der Waals surface area contributed by atoms with Gasteiger partial charge in [0.1, 0.15) is 29.5 Å². The van der Waals surface area contributed by atoms with Gasteiger partial charge >= 0.3 is 18.0 Å². The Bertz CT molecular complexity index is 2360. The van der Waals surface area contributed by atoms with Gasteiger partial charge in [0.25, 0.3) is 5.69 Å². The zero-order valence-corrected chi connectivity index (χ0v) is 32.9. The largest absolute Gasteiger partial charge is 0.418 e. The monoisotopic (exact) mass is 872 g/mol. The molecule has 0 radical (unpaired) electrons. The van der Waals surface area contributed by atoms with E-state index in [0.29, 0.717) is 46.8 Å². The molecule has 0 unspecified atom stereocenters. The van der Waals surface area contributed by atoms with Gasteiger partial charge in [-0.15, -0.1) is 0 Å². The van der Waals surface area contributed by atoms with Crippen molar-refractivity contribution in [1.82, 2.24) is 29.9 Å². The van der Waals surface area contributed by atoms with Crippen molar-refractivity contribution < 1.29 is 36.2 Å². The fourth-order valence-corrected chi connectivity index (χ4v) is 4.28. The van der Waals surface area contributed by atoms with Crippen molar-refractivity contribution in [3.8, 4) is 0 Å². The van der Waals surface area contributed by atoms with Gasteiger partial charge in [-0.05, 0) is 48.5 Å². The SMILES string of the molecule is CNc1ccc(N)cn1.CNc1ccc(Nc2ncc(C(F)(F)F)cc2N)cn1.CNc1ccc(Nc2ncc(C(F)(F)F)cc2[N+](=O)[O-])cn1.CNc1ccc([N+](=O)[O-])cn1. The lowest BCUT2D eigenvalue weighted by Crippen LogP contribution is -2.08. The highest BCUT2D eigenvalue weighted by atomic mass is 19.4. The molecule has 0 aliphatic rings. The summed E-state index contributed by atoms with van der Waals surface area (Å²) in [6.07, 6.45) is -2.18. The molecule has 0 bridgehead atoms. The fourth-order valence-electron chi connectivity index (χ4n) is 4.28. The minimum Gasteiger partial charge on any atom is -0.397 e. The standard InChI is InChI=1S/C12H10F3N5O2.C12H12F3N5.C6H7N3O2.C6H9N3/c1-16-10-3-2-8(6-17-10)19-11-9(20(21)22)4-7(5-18-11)12(13,14)15;1-17-10-3-2-8(6-18-10)20-11-9(16)4-7(5-19-11)12(13,14)15;1-7-6-3-2-5(4-8-6)9(10)11;1-8-6-3-2-5(7)4-9-6/h2-6H,1H3,(H,16,17)(H,18,19);2-6H,16H2,1H3,(H,17,18)(H,19,20);2-4H,1H3,(H,7,8);2-4H,7H2,1H3,(H,8,9). The van der Waals surface area contributed by atoms with Crippen LogP contribution < -0.4 is 43.4 Å². The first-order chi connectivity index (χ1) is 29.3. The fraction of sp³-hybridized carbons (Fsp3) is 0.167. The van der Waals surface area contributed by atoms with E-state index in [0.717, 1.165) is 18.1 Å². The third-order valence-electron chi connectivity index (χ3n) is 7.46. The Morgan fingerprint density at radius 1 is 0.516 bits per heavy atom. The molecule has 0 fully saturated rings. The molecule has 0 amide bonds. The van der Waals surface area contributed by atoms with Gasteiger partial charge in [0.05, 0.1) is 62.3 Å². The van der Waals surface area contributed by atoms with E-state index in [9.17, 15) is 46.6 Å². The molecule has 10 N–H and O–H groups in total. The van der Waals surface area contributed by atoms with E-state index in [-0.39, 0.29) is 23.0 Å². The molecule has 20 nitrogen and oxygen atoms in total. The number of nitrogens with one attached hydrogen (secondary N) is 6. The average molecular weight is 873 g/mol. The molecule has 62 heavy (non-hydrogen) atoms. The van der Waals surface area contributed by atoms with E-state index in [1.165, 1.54) is 24.7 Å². The van der Waals surface area contributed by atoms with Crippen LogP contribution in [0.2, 0.25) is 0 Å². The molecule has 0 aliphatic carbocycles. The maximum absolute atomic E-state index is 12.6. The van der Waals surface area contributed by atoms with Crippen molar-refractivity contribution >= 4 is 69.0 Å². The quantitative estimate of drug-likeness (QED) is 0.0370. The average Bonchev–Trinajstić information content (AvgIpc) is 3.25. The Hall–Kier alpha value is -8.32. The van der Waals surface area contributed by atoms with Gasteiger partial charge in [0, 0.05) is 52.7 Å². The van der Waals surface area contributed by atoms with Gasteiger partial charge in [0.2, 0.25) is 5.82 Å². The van der Waals surface area contributed by atoms with E-state index in [1.807, 2.05) is 13.1 Å². The summed E-state index contributed by atoms with van der Waals surface area (Å²) >= 11 is 0. The summed E-state index contributed by atoms with van der Waals surface area (Å²) in [7, 11) is 6.91. The first-order valence-electron chi connectivity index (χ1n) is 17.3. The summed E-state index contributed by atoms with van der Waals surface area (Å²) < 4.78 is 75.2. The van der Waals surface area contributed by atoms with Crippen molar-refractivity contribution in [3.05, 3.63) is 129 Å². The first kappa shape index (κ1) is 48.1. The molecule has 0 aliphatic heterocycles. The van der Waals surface area contributed by atoms with Crippen LogP contribution in [-0.2, 0) is 12.4 Å². The molecule has 6 aromatic heterocycles. The number of nitro groups is 2. The van der Waals surface area contributed by atoms with Gasteiger partial charge in [0.15, 0.2) is 5.82 Å². The number of alkyl halides is 6. The second kappa shape index (κ2) is 22.2. The van der Waals surface area contributed by atoms with E-state index in [1.54, 1.807) is 63.7 Å². The van der Waals surface area contributed by atoms with Crippen LogP contribution in [0.3, 0.4) is 0 Å². The predicted molar refractivity (Wildman–Crippen MR) is 222 cm³/mol. The Balaban J connectivity index is 0.000000234. The van der Waals surface area contributed by atoms with Gasteiger partial charge in [-0.25, -0.2) is 29.9 Å². The summed E-state index contributed by atoms with van der Waals surface area (Å²) in [4.78, 5) is 42.6. The van der Waals surface area contributed by atoms with Crippen LogP contribution in [0.15, 0.2) is 97.8 Å². The van der Waals surface area contributed by atoms with E-state index in [2.05, 4.69) is 61.8 Å². The van der Waals surface area contributed by atoms with Gasteiger partial charge in [-0.3, -0.25) is 20.2 Å². The highest BCUT2D eigenvalue weighted by Gasteiger charge is 2.34. The van der Waals surface area contributed by atoms with Crippen molar-refractivity contribution in [1.29, 1.82) is 0 Å². The lowest BCUT2D eigenvalue weighted by Gasteiger charge is -2.11. The van der Waals surface area contributed by atoms with Crippen molar-refractivity contribution in [3.63, 3.8) is 0 Å². The Morgan fingerprint density at radius 3 is 1.29 bits per heavy atom. The zero-order valence-electron chi connectivity index (χ0n) is 32.9. The maximum Gasteiger partial charge on any atom is 0.418 e. The maximum atomic E-state index is 12.6. The van der Waals surface area contributed by atoms with Crippen LogP contribution in [-0.4, -0.2) is 67.9 Å². The van der Waals surface area contributed by atoms with Gasteiger partial charge in [-0.1, -0.05) is 0 Å². The van der Waals surface area contributed by atoms with Crippen molar-refractivity contribution in [2.75, 3.05) is 71.6 Å². The van der Waals surface area contributed by atoms with Gasteiger partial charge in [-0.2, -0.15) is 26.3 Å². The summed E-state index contributed by atoms with van der Waals surface area (Å²) in [6, 6.07) is 14.4. The van der Waals surface area contributed by atoms with Crippen LogP contribution in [0.25, 0.3) is 0 Å². The van der Waals surface area contributed by atoms with Crippen molar-refractivity contribution in [2.45, 2.75) is 12.4 Å². The number of pyridine rings is 6.